The topological polar surface area (TPSA) is 77.8 Å². The van der Waals surface area contributed by atoms with Crippen LogP contribution in [-0.4, -0.2) is 43.8 Å². The van der Waals surface area contributed by atoms with E-state index in [1.807, 2.05) is 23.8 Å². The van der Waals surface area contributed by atoms with E-state index in [2.05, 4.69) is 37.4 Å². The quantitative estimate of drug-likeness (QED) is 0.556. The molecule has 1 unspecified atom stereocenters. The number of benzene rings is 1. The van der Waals surface area contributed by atoms with Crippen LogP contribution in [0.2, 0.25) is 0 Å². The fourth-order valence-corrected chi connectivity index (χ4v) is 4.31. The lowest BCUT2D eigenvalue weighted by atomic mass is 10.2. The van der Waals surface area contributed by atoms with E-state index in [0.717, 1.165) is 53.6 Å². The van der Waals surface area contributed by atoms with Crippen LogP contribution in [0.25, 0.3) is 27.3 Å². The summed E-state index contributed by atoms with van der Waals surface area (Å²) in [5.74, 6) is 1.42. The third kappa shape index (κ3) is 3.36. The highest BCUT2D eigenvalue weighted by Gasteiger charge is 2.15. The van der Waals surface area contributed by atoms with Gasteiger partial charge in [0.2, 0.25) is 5.95 Å². The molecule has 0 aliphatic carbocycles. The predicted octanol–water partition coefficient (Wildman–Crippen LogP) is 3.84. The lowest BCUT2D eigenvalue weighted by Crippen LogP contribution is -2.19. The van der Waals surface area contributed by atoms with E-state index in [-0.39, 0.29) is 6.10 Å². The Kier molecular flexibility index (Phi) is 4.50. The van der Waals surface area contributed by atoms with Crippen molar-refractivity contribution in [1.29, 1.82) is 0 Å². The average molecular weight is 392 g/mol. The number of hydrogen-bond donors (Lipinski definition) is 1. The minimum atomic E-state index is 0.257. The van der Waals surface area contributed by atoms with Crippen LogP contribution in [0.15, 0.2) is 43.0 Å². The molecular weight excluding hydrogens is 372 g/mol. The minimum Gasteiger partial charge on any atom is -0.376 e. The number of fused-ring (bicyclic) bond motifs is 1. The molecule has 1 atom stereocenters. The molecule has 0 amide bonds. The Bertz CT molecular complexity index is 1100. The summed E-state index contributed by atoms with van der Waals surface area (Å²) in [5, 5.41) is 4.31. The molecule has 5 rings (SSSR count). The summed E-state index contributed by atoms with van der Waals surface area (Å²) >= 11 is 1.69. The fourth-order valence-electron chi connectivity index (χ4n) is 3.45. The van der Waals surface area contributed by atoms with Gasteiger partial charge in [0.1, 0.15) is 5.82 Å². The first kappa shape index (κ1) is 17.3. The number of rotatable bonds is 5. The van der Waals surface area contributed by atoms with Crippen LogP contribution < -0.4 is 5.32 Å². The molecule has 8 heteroatoms. The summed E-state index contributed by atoms with van der Waals surface area (Å²) < 4.78 is 8.83. The second-order valence-electron chi connectivity index (χ2n) is 6.82. The van der Waals surface area contributed by atoms with Gasteiger partial charge in [-0.1, -0.05) is 0 Å². The first-order chi connectivity index (χ1) is 13.8. The molecule has 4 heterocycles. The van der Waals surface area contributed by atoms with Crippen molar-refractivity contribution in [2.45, 2.75) is 25.9 Å². The van der Waals surface area contributed by atoms with Crippen molar-refractivity contribution in [2.75, 3.05) is 18.5 Å². The van der Waals surface area contributed by atoms with E-state index in [1.54, 1.807) is 29.9 Å². The molecule has 7 nitrogen and oxygen atoms in total. The van der Waals surface area contributed by atoms with Gasteiger partial charge in [-0.05, 0) is 38.0 Å². The number of thiazole rings is 1. The predicted molar refractivity (Wildman–Crippen MR) is 110 cm³/mol. The summed E-state index contributed by atoms with van der Waals surface area (Å²) in [6.07, 6.45) is 9.83. The van der Waals surface area contributed by atoms with Crippen LogP contribution in [0.3, 0.4) is 0 Å². The largest absolute Gasteiger partial charge is 0.376 e. The van der Waals surface area contributed by atoms with Gasteiger partial charge in [-0.2, -0.15) is 0 Å². The maximum absolute atomic E-state index is 5.62. The van der Waals surface area contributed by atoms with Crippen LogP contribution >= 0.6 is 11.3 Å². The number of nitrogens with one attached hydrogen (secondary N) is 1. The van der Waals surface area contributed by atoms with Gasteiger partial charge in [-0.15, -0.1) is 11.3 Å². The molecule has 1 fully saturated rings. The van der Waals surface area contributed by atoms with E-state index in [0.29, 0.717) is 5.95 Å². The molecule has 0 radical (unpaired) electrons. The van der Waals surface area contributed by atoms with E-state index in [9.17, 15) is 0 Å². The molecule has 1 saturated heterocycles. The molecule has 142 valence electrons. The Labute approximate surface area is 166 Å². The smallest absolute Gasteiger partial charge is 0.222 e. The number of nitrogens with zero attached hydrogens (tertiary/aromatic N) is 5. The van der Waals surface area contributed by atoms with Gasteiger partial charge < -0.3 is 10.1 Å². The second-order valence-corrected chi connectivity index (χ2v) is 8.05. The lowest BCUT2D eigenvalue weighted by Gasteiger charge is -2.11. The monoisotopic (exact) mass is 392 g/mol. The number of aryl methyl sites for hydroxylation is 1. The van der Waals surface area contributed by atoms with Crippen LogP contribution in [0.5, 0.6) is 0 Å². The van der Waals surface area contributed by atoms with Crippen molar-refractivity contribution in [2.24, 2.45) is 0 Å². The zero-order valence-electron chi connectivity index (χ0n) is 15.5. The zero-order valence-corrected chi connectivity index (χ0v) is 16.3. The SMILES string of the molecule is Cc1nc2ccc(-n3ccnc3-c3cnc(NCC4CCCO4)nc3)cc2s1. The Morgan fingerprint density at radius 1 is 1.25 bits per heavy atom. The third-order valence-electron chi connectivity index (χ3n) is 4.82. The number of imidazole rings is 1. The van der Waals surface area contributed by atoms with Crippen molar-refractivity contribution < 1.29 is 4.74 Å². The zero-order chi connectivity index (χ0) is 18.9. The van der Waals surface area contributed by atoms with Crippen LogP contribution in [0, 0.1) is 6.92 Å². The Morgan fingerprint density at radius 3 is 2.96 bits per heavy atom. The van der Waals surface area contributed by atoms with Crippen LogP contribution in [-0.2, 0) is 4.74 Å². The first-order valence-corrected chi connectivity index (χ1v) is 10.2. The molecular formula is C20H20N6OS. The summed E-state index contributed by atoms with van der Waals surface area (Å²) in [5.41, 5.74) is 2.94. The van der Waals surface area contributed by atoms with Crippen molar-refractivity contribution >= 4 is 27.5 Å². The molecule has 0 bridgehead atoms. The Balaban J connectivity index is 1.38. The molecule has 1 aromatic carbocycles. The summed E-state index contributed by atoms with van der Waals surface area (Å²) in [7, 11) is 0. The summed E-state index contributed by atoms with van der Waals surface area (Å²) in [6, 6.07) is 6.25. The van der Waals surface area contributed by atoms with Crippen molar-refractivity contribution in [3.05, 3.63) is 48.0 Å². The molecule has 28 heavy (non-hydrogen) atoms. The van der Waals surface area contributed by atoms with E-state index >= 15 is 0 Å². The molecule has 4 aromatic rings. The number of anilines is 1. The average Bonchev–Trinajstić information content (AvgIpc) is 3.46. The highest BCUT2D eigenvalue weighted by molar-refractivity contribution is 7.18. The Hall–Kier alpha value is -2.84. The first-order valence-electron chi connectivity index (χ1n) is 9.35. The van der Waals surface area contributed by atoms with Gasteiger partial charge in [-0.3, -0.25) is 4.57 Å². The summed E-state index contributed by atoms with van der Waals surface area (Å²) in [4.78, 5) is 17.9. The standard InChI is InChI=1S/C20H20N6OS/c1-13-25-17-5-4-15(9-18(17)28-13)26-7-6-21-19(26)14-10-22-20(23-11-14)24-12-16-3-2-8-27-16/h4-7,9-11,16H,2-3,8,12H2,1H3,(H,22,23,24). The molecule has 0 saturated carbocycles. The van der Waals surface area contributed by atoms with Gasteiger partial charge in [-0.25, -0.2) is 19.9 Å². The van der Waals surface area contributed by atoms with Crippen LogP contribution in [0.1, 0.15) is 17.8 Å². The van der Waals surface area contributed by atoms with Crippen molar-refractivity contribution in [3.63, 3.8) is 0 Å². The molecule has 1 N–H and O–H groups in total. The van der Waals surface area contributed by atoms with Gasteiger partial charge >= 0.3 is 0 Å². The van der Waals surface area contributed by atoms with Crippen LogP contribution in [0.4, 0.5) is 5.95 Å². The number of aromatic nitrogens is 5. The van der Waals surface area contributed by atoms with Gasteiger partial charge in [0, 0.05) is 43.6 Å². The third-order valence-corrected chi connectivity index (χ3v) is 5.75. The van der Waals surface area contributed by atoms with E-state index in [4.69, 9.17) is 4.74 Å². The molecule has 1 aliphatic rings. The lowest BCUT2D eigenvalue weighted by molar-refractivity contribution is 0.120. The number of ether oxygens (including phenoxy) is 1. The fraction of sp³-hybridized carbons (Fsp3) is 0.300. The van der Waals surface area contributed by atoms with Crippen molar-refractivity contribution in [1.82, 2.24) is 24.5 Å². The van der Waals surface area contributed by atoms with E-state index in [1.165, 1.54) is 4.70 Å². The minimum absolute atomic E-state index is 0.257. The maximum atomic E-state index is 5.62. The highest BCUT2D eigenvalue weighted by atomic mass is 32.1. The van der Waals surface area contributed by atoms with Gasteiger partial charge in [0.15, 0.2) is 0 Å². The van der Waals surface area contributed by atoms with Gasteiger partial charge in [0.25, 0.3) is 0 Å². The highest BCUT2D eigenvalue weighted by Crippen LogP contribution is 2.27. The normalized spacial score (nSPS) is 16.7. The second kappa shape index (κ2) is 7.29. The molecule has 1 aliphatic heterocycles. The Morgan fingerprint density at radius 2 is 2.14 bits per heavy atom. The number of hydrogen-bond acceptors (Lipinski definition) is 7. The molecule has 3 aromatic heterocycles. The van der Waals surface area contributed by atoms with Gasteiger partial charge in [0.05, 0.1) is 26.9 Å². The van der Waals surface area contributed by atoms with Crippen molar-refractivity contribution in [3.8, 4) is 17.1 Å². The maximum Gasteiger partial charge on any atom is 0.222 e. The summed E-state index contributed by atoms with van der Waals surface area (Å²) in [6.45, 7) is 3.61. The molecule has 0 spiro atoms. The van der Waals surface area contributed by atoms with E-state index < -0.39 is 0 Å².